The van der Waals surface area contributed by atoms with Gasteiger partial charge in [0, 0.05) is 11.1 Å². The molecule has 1 N–H and O–H groups in total. The minimum absolute atomic E-state index is 0.236. The minimum atomic E-state index is -0.642. The molecular weight excluding hydrogens is 358 g/mol. The summed E-state index contributed by atoms with van der Waals surface area (Å²) >= 11 is 5.85. The van der Waals surface area contributed by atoms with Gasteiger partial charge in [0.1, 0.15) is 11.5 Å². The van der Waals surface area contributed by atoms with E-state index in [1.807, 2.05) is 19.1 Å². The van der Waals surface area contributed by atoms with Crippen molar-refractivity contribution in [1.29, 1.82) is 0 Å². The standard InChI is InChI=1S/C19H20ClNO5/c1-12(13-4-6-15(20)7-5-13)21-18(22)11-26-19(23)14-8-16(24-2)10-17(9-14)25-3/h4-10,12H,11H2,1-3H3,(H,21,22)/t12-/m0/s1. The Bertz CT molecular complexity index is 754. The Morgan fingerprint density at radius 2 is 1.62 bits per heavy atom. The average Bonchev–Trinajstić information content (AvgIpc) is 2.65. The molecule has 0 saturated carbocycles. The van der Waals surface area contributed by atoms with Crippen molar-refractivity contribution >= 4 is 23.5 Å². The van der Waals surface area contributed by atoms with Gasteiger partial charge in [0.2, 0.25) is 0 Å². The fourth-order valence-corrected chi connectivity index (χ4v) is 2.38. The molecule has 0 saturated heterocycles. The van der Waals surface area contributed by atoms with Gasteiger partial charge in [0.05, 0.1) is 25.8 Å². The molecule has 0 fully saturated rings. The summed E-state index contributed by atoms with van der Waals surface area (Å²) in [6, 6.07) is 11.6. The van der Waals surface area contributed by atoms with Crippen LogP contribution >= 0.6 is 11.6 Å². The first-order valence-corrected chi connectivity index (χ1v) is 8.25. The zero-order valence-corrected chi connectivity index (χ0v) is 15.5. The largest absolute Gasteiger partial charge is 0.497 e. The smallest absolute Gasteiger partial charge is 0.338 e. The lowest BCUT2D eigenvalue weighted by Crippen LogP contribution is -2.31. The van der Waals surface area contributed by atoms with Crippen molar-refractivity contribution in [1.82, 2.24) is 5.32 Å². The molecule has 0 radical (unpaired) electrons. The molecule has 138 valence electrons. The lowest BCUT2D eigenvalue weighted by atomic mass is 10.1. The highest BCUT2D eigenvalue weighted by Crippen LogP contribution is 2.23. The molecular formula is C19H20ClNO5. The van der Waals surface area contributed by atoms with Crippen LogP contribution < -0.4 is 14.8 Å². The van der Waals surface area contributed by atoms with Crippen LogP contribution in [0.5, 0.6) is 11.5 Å². The zero-order chi connectivity index (χ0) is 19.1. The molecule has 7 heteroatoms. The number of carbonyl (C=O) groups excluding carboxylic acids is 2. The molecule has 0 aromatic heterocycles. The van der Waals surface area contributed by atoms with Crippen molar-refractivity contribution in [3.8, 4) is 11.5 Å². The predicted molar refractivity (Wildman–Crippen MR) is 97.8 cm³/mol. The number of amides is 1. The fourth-order valence-electron chi connectivity index (χ4n) is 2.26. The molecule has 0 aliphatic carbocycles. The van der Waals surface area contributed by atoms with E-state index in [9.17, 15) is 9.59 Å². The first-order valence-electron chi connectivity index (χ1n) is 7.88. The summed E-state index contributed by atoms with van der Waals surface area (Å²) in [5.41, 5.74) is 1.13. The Kier molecular flexibility index (Phi) is 6.86. The molecule has 0 heterocycles. The van der Waals surface area contributed by atoms with Crippen molar-refractivity contribution in [2.45, 2.75) is 13.0 Å². The third kappa shape index (κ3) is 5.39. The van der Waals surface area contributed by atoms with Crippen LogP contribution in [-0.4, -0.2) is 32.7 Å². The average molecular weight is 378 g/mol. The van der Waals surface area contributed by atoms with Crippen LogP contribution in [0.3, 0.4) is 0 Å². The molecule has 0 spiro atoms. The van der Waals surface area contributed by atoms with Gasteiger partial charge in [-0.1, -0.05) is 23.7 Å². The Morgan fingerprint density at radius 3 is 2.15 bits per heavy atom. The van der Waals surface area contributed by atoms with Gasteiger partial charge in [0.25, 0.3) is 5.91 Å². The normalized spacial score (nSPS) is 11.4. The summed E-state index contributed by atoms with van der Waals surface area (Å²) < 4.78 is 15.3. The molecule has 0 aliphatic rings. The number of nitrogens with one attached hydrogen (secondary N) is 1. The molecule has 2 rings (SSSR count). The van der Waals surface area contributed by atoms with Gasteiger partial charge in [-0.3, -0.25) is 4.79 Å². The maximum atomic E-state index is 12.2. The summed E-state index contributed by atoms with van der Waals surface area (Å²) in [6.07, 6.45) is 0. The third-order valence-electron chi connectivity index (χ3n) is 3.67. The van der Waals surface area contributed by atoms with E-state index in [2.05, 4.69) is 5.32 Å². The van der Waals surface area contributed by atoms with E-state index in [0.717, 1.165) is 5.56 Å². The Morgan fingerprint density at radius 1 is 1.04 bits per heavy atom. The first kappa shape index (κ1) is 19.6. The highest BCUT2D eigenvalue weighted by atomic mass is 35.5. The van der Waals surface area contributed by atoms with Crippen molar-refractivity contribution < 1.29 is 23.8 Å². The molecule has 1 atom stereocenters. The van der Waals surface area contributed by atoms with Gasteiger partial charge >= 0.3 is 5.97 Å². The number of ether oxygens (including phenoxy) is 3. The van der Waals surface area contributed by atoms with Gasteiger partial charge in [-0.15, -0.1) is 0 Å². The summed E-state index contributed by atoms with van der Waals surface area (Å²) in [6.45, 7) is 1.44. The maximum Gasteiger partial charge on any atom is 0.338 e. The highest BCUT2D eigenvalue weighted by molar-refractivity contribution is 6.30. The number of carbonyl (C=O) groups is 2. The maximum absolute atomic E-state index is 12.2. The van der Waals surface area contributed by atoms with E-state index in [1.165, 1.54) is 26.4 Å². The number of methoxy groups -OCH3 is 2. The summed E-state index contributed by atoms with van der Waals surface area (Å²) in [5, 5.41) is 3.38. The van der Waals surface area contributed by atoms with Gasteiger partial charge in [-0.2, -0.15) is 0 Å². The van der Waals surface area contributed by atoms with Crippen molar-refractivity contribution in [2.75, 3.05) is 20.8 Å². The van der Waals surface area contributed by atoms with Crippen molar-refractivity contribution in [2.24, 2.45) is 0 Å². The molecule has 26 heavy (non-hydrogen) atoms. The monoisotopic (exact) mass is 377 g/mol. The topological polar surface area (TPSA) is 73.9 Å². The number of hydrogen-bond acceptors (Lipinski definition) is 5. The van der Waals surface area contributed by atoms with E-state index in [1.54, 1.807) is 18.2 Å². The first-order chi connectivity index (χ1) is 12.4. The zero-order valence-electron chi connectivity index (χ0n) is 14.7. The lowest BCUT2D eigenvalue weighted by Gasteiger charge is -2.14. The second-order valence-electron chi connectivity index (χ2n) is 5.52. The van der Waals surface area contributed by atoms with Gasteiger partial charge in [-0.25, -0.2) is 4.79 Å². The van der Waals surface area contributed by atoms with E-state index in [0.29, 0.717) is 16.5 Å². The number of hydrogen-bond donors (Lipinski definition) is 1. The lowest BCUT2D eigenvalue weighted by molar-refractivity contribution is -0.124. The predicted octanol–water partition coefficient (Wildman–Crippen LogP) is 3.39. The van der Waals surface area contributed by atoms with Crippen LogP contribution in [0.4, 0.5) is 0 Å². The molecule has 0 unspecified atom stereocenters. The van der Waals surface area contributed by atoms with Crippen LogP contribution in [0.25, 0.3) is 0 Å². The van der Waals surface area contributed by atoms with E-state index in [-0.39, 0.29) is 11.6 Å². The molecule has 6 nitrogen and oxygen atoms in total. The van der Waals surface area contributed by atoms with Crippen LogP contribution in [0, 0.1) is 0 Å². The number of rotatable bonds is 7. The Balaban J connectivity index is 1.92. The molecule has 2 aromatic rings. The van der Waals surface area contributed by atoms with Gasteiger partial charge in [0.15, 0.2) is 6.61 Å². The fraction of sp³-hybridized carbons (Fsp3) is 0.263. The summed E-state index contributed by atoms with van der Waals surface area (Å²) in [4.78, 5) is 24.2. The van der Waals surface area contributed by atoms with Gasteiger partial charge < -0.3 is 19.5 Å². The SMILES string of the molecule is COc1cc(OC)cc(C(=O)OCC(=O)N[C@@H](C)c2ccc(Cl)cc2)c1. The minimum Gasteiger partial charge on any atom is -0.497 e. The van der Waals surface area contributed by atoms with Crippen molar-refractivity contribution in [3.05, 3.63) is 58.6 Å². The number of benzene rings is 2. The quantitative estimate of drug-likeness (QED) is 0.748. The molecule has 0 bridgehead atoms. The molecule has 2 aromatic carbocycles. The molecule has 1 amide bonds. The summed E-state index contributed by atoms with van der Waals surface area (Å²) in [7, 11) is 2.96. The third-order valence-corrected chi connectivity index (χ3v) is 3.92. The van der Waals surface area contributed by atoms with Crippen molar-refractivity contribution in [3.63, 3.8) is 0 Å². The van der Waals surface area contributed by atoms with Gasteiger partial charge in [-0.05, 0) is 36.8 Å². The van der Waals surface area contributed by atoms with Crippen LogP contribution in [0.2, 0.25) is 5.02 Å². The highest BCUT2D eigenvalue weighted by Gasteiger charge is 2.15. The Hall–Kier alpha value is -2.73. The van der Waals surface area contributed by atoms with Crippen LogP contribution in [0.15, 0.2) is 42.5 Å². The second kappa shape index (κ2) is 9.10. The number of halogens is 1. The Labute approximate surface area is 157 Å². The second-order valence-corrected chi connectivity index (χ2v) is 5.95. The van der Waals surface area contributed by atoms with E-state index in [4.69, 9.17) is 25.8 Å². The van der Waals surface area contributed by atoms with E-state index < -0.39 is 18.5 Å². The van der Waals surface area contributed by atoms with Crippen LogP contribution in [0.1, 0.15) is 28.9 Å². The molecule has 0 aliphatic heterocycles. The summed E-state index contributed by atoms with van der Waals surface area (Å²) in [5.74, 6) is -0.138. The van der Waals surface area contributed by atoms with Crippen LogP contribution in [-0.2, 0) is 9.53 Å². The van der Waals surface area contributed by atoms with E-state index >= 15 is 0 Å². The number of esters is 1.